The Kier molecular flexibility index (Phi) is 7.56. The lowest BCUT2D eigenvalue weighted by atomic mass is 10.0. The van der Waals surface area contributed by atoms with Gasteiger partial charge in [-0.15, -0.1) is 0 Å². The molecule has 1 amide bonds. The highest BCUT2D eigenvalue weighted by molar-refractivity contribution is 6.42. The first-order valence-electron chi connectivity index (χ1n) is 11.4. The zero-order chi connectivity index (χ0) is 25.2. The van der Waals surface area contributed by atoms with Crippen molar-refractivity contribution < 1.29 is 4.79 Å². The summed E-state index contributed by atoms with van der Waals surface area (Å²) in [5.74, 6) is 0. The third kappa shape index (κ3) is 5.26. The molecule has 5 rings (SSSR count). The van der Waals surface area contributed by atoms with Crippen molar-refractivity contribution in [2.45, 2.75) is 19.5 Å². The fourth-order valence-corrected chi connectivity index (χ4v) is 5.32. The summed E-state index contributed by atoms with van der Waals surface area (Å²) in [6.45, 7) is 2.64. The lowest BCUT2D eigenvalue weighted by Gasteiger charge is -2.27. The van der Waals surface area contributed by atoms with Crippen LogP contribution in [0, 0.1) is 0 Å². The van der Waals surface area contributed by atoms with Crippen LogP contribution in [0.4, 0.5) is 4.79 Å². The largest absolute Gasteiger partial charge is 0.333 e. The van der Waals surface area contributed by atoms with E-state index in [1.54, 1.807) is 22.9 Å². The first-order valence-corrected chi connectivity index (χ1v) is 12.9. The van der Waals surface area contributed by atoms with Crippen LogP contribution in [0.15, 0.2) is 60.8 Å². The van der Waals surface area contributed by atoms with E-state index in [-0.39, 0.29) is 6.03 Å². The van der Waals surface area contributed by atoms with Gasteiger partial charge in [0.25, 0.3) is 0 Å². The quantitative estimate of drug-likeness (QED) is 0.258. The molecule has 4 aromatic rings. The number of fused-ring (bicyclic) bond motifs is 3. The van der Waals surface area contributed by atoms with E-state index in [9.17, 15) is 4.79 Å². The third-order valence-electron chi connectivity index (χ3n) is 6.26. The van der Waals surface area contributed by atoms with Gasteiger partial charge in [0, 0.05) is 49.9 Å². The maximum absolute atomic E-state index is 13.4. The molecule has 0 aliphatic carbocycles. The predicted molar refractivity (Wildman–Crippen MR) is 148 cm³/mol. The van der Waals surface area contributed by atoms with Crippen LogP contribution in [0.25, 0.3) is 17.0 Å². The van der Waals surface area contributed by atoms with Crippen molar-refractivity contribution in [3.63, 3.8) is 0 Å². The van der Waals surface area contributed by atoms with Gasteiger partial charge >= 0.3 is 6.03 Å². The number of halogens is 4. The number of rotatable bonds is 5. The van der Waals surface area contributed by atoms with Crippen molar-refractivity contribution in [3.05, 3.63) is 103 Å². The lowest BCUT2D eigenvalue weighted by molar-refractivity contribution is 0.240. The molecule has 184 valence electrons. The predicted octanol–water partition coefficient (Wildman–Crippen LogP) is 7.48. The van der Waals surface area contributed by atoms with Gasteiger partial charge < -0.3 is 5.32 Å². The Balaban J connectivity index is 1.37. The highest BCUT2D eigenvalue weighted by Gasteiger charge is 2.27. The van der Waals surface area contributed by atoms with Crippen molar-refractivity contribution in [2.75, 3.05) is 13.1 Å². The normalized spacial score (nSPS) is 13.9. The Morgan fingerprint density at radius 2 is 1.89 bits per heavy atom. The molecule has 2 aromatic heterocycles. The van der Waals surface area contributed by atoms with Crippen molar-refractivity contribution in [1.82, 2.24) is 19.8 Å². The minimum Gasteiger partial charge on any atom is -0.333 e. The number of nitrogens with zero attached hydrogens (tertiary/aromatic N) is 3. The molecule has 0 saturated carbocycles. The maximum atomic E-state index is 13.4. The number of carbonyl (C=O) groups is 1. The van der Waals surface area contributed by atoms with Gasteiger partial charge in [0.1, 0.15) is 5.15 Å². The minimum absolute atomic E-state index is 0.213. The van der Waals surface area contributed by atoms with Crippen LogP contribution in [-0.2, 0) is 19.5 Å². The Bertz CT molecular complexity index is 1480. The van der Waals surface area contributed by atoms with Gasteiger partial charge in [0.05, 0.1) is 20.6 Å². The molecule has 0 unspecified atom stereocenters. The lowest BCUT2D eigenvalue weighted by Crippen LogP contribution is -2.34. The van der Waals surface area contributed by atoms with E-state index in [1.807, 2.05) is 42.5 Å². The molecule has 5 nitrogen and oxygen atoms in total. The molecule has 1 aliphatic rings. The third-order valence-corrected chi connectivity index (χ3v) is 7.51. The van der Waals surface area contributed by atoms with E-state index in [4.69, 9.17) is 46.4 Å². The average molecular weight is 560 g/mol. The van der Waals surface area contributed by atoms with E-state index in [2.05, 4.69) is 21.3 Å². The number of carbonyl (C=O) groups excluding carboxylic acids is 1. The Labute approximate surface area is 229 Å². The number of aromatic nitrogens is 2. The summed E-state index contributed by atoms with van der Waals surface area (Å²) in [5.41, 5.74) is 4.73. The monoisotopic (exact) mass is 558 g/mol. The molecule has 3 heterocycles. The molecule has 0 atom stereocenters. The molecule has 2 aromatic carbocycles. The number of nitrogens with one attached hydrogen (secondary N) is 1. The molecular formula is C27H22Cl4N4O. The summed E-state index contributed by atoms with van der Waals surface area (Å²) in [5, 5.41) is 6.02. The summed E-state index contributed by atoms with van der Waals surface area (Å²) in [6, 6.07) is 14.7. The van der Waals surface area contributed by atoms with Gasteiger partial charge in [-0.05, 0) is 47.0 Å². The van der Waals surface area contributed by atoms with Crippen LogP contribution in [-0.4, -0.2) is 33.6 Å². The molecule has 9 heteroatoms. The van der Waals surface area contributed by atoms with Gasteiger partial charge in [0.15, 0.2) is 0 Å². The molecule has 0 fully saturated rings. The second kappa shape index (κ2) is 10.8. The number of hydrogen-bond donors (Lipinski definition) is 1. The summed E-state index contributed by atoms with van der Waals surface area (Å²) < 4.78 is 1.73. The fourth-order valence-electron chi connectivity index (χ4n) is 4.56. The van der Waals surface area contributed by atoms with E-state index in [0.717, 1.165) is 59.3 Å². The van der Waals surface area contributed by atoms with Crippen LogP contribution < -0.4 is 5.32 Å². The van der Waals surface area contributed by atoms with Crippen molar-refractivity contribution in [1.29, 1.82) is 0 Å². The molecule has 1 aliphatic heterocycles. The summed E-state index contributed by atoms with van der Waals surface area (Å²) in [7, 11) is 0. The molecule has 0 saturated heterocycles. The number of pyridine rings is 1. The highest BCUT2D eigenvalue weighted by Crippen LogP contribution is 2.35. The smallest absolute Gasteiger partial charge is 0.326 e. The Hall–Kier alpha value is -2.54. The summed E-state index contributed by atoms with van der Waals surface area (Å²) in [6.07, 6.45) is 6.51. The Morgan fingerprint density at radius 3 is 2.69 bits per heavy atom. The van der Waals surface area contributed by atoms with Crippen LogP contribution in [0.5, 0.6) is 0 Å². The molecule has 0 bridgehead atoms. The maximum Gasteiger partial charge on any atom is 0.326 e. The van der Waals surface area contributed by atoms with E-state index < -0.39 is 0 Å². The molecule has 0 radical (unpaired) electrons. The second-order valence-corrected chi connectivity index (χ2v) is 10.2. The summed E-state index contributed by atoms with van der Waals surface area (Å²) >= 11 is 24.7. The van der Waals surface area contributed by atoms with Crippen LogP contribution in [0.2, 0.25) is 20.2 Å². The Morgan fingerprint density at radius 1 is 1.03 bits per heavy atom. The number of benzene rings is 2. The number of amides is 1. The first kappa shape index (κ1) is 25.1. The number of para-hydroxylation sites is 1. The molecular weight excluding hydrogens is 538 g/mol. The van der Waals surface area contributed by atoms with Crippen molar-refractivity contribution in [3.8, 4) is 0 Å². The number of hydrogen-bond acceptors (Lipinski definition) is 3. The molecule has 1 N–H and O–H groups in total. The van der Waals surface area contributed by atoms with E-state index in [0.29, 0.717) is 26.8 Å². The first-order chi connectivity index (χ1) is 17.4. The van der Waals surface area contributed by atoms with Gasteiger partial charge in [-0.3, -0.25) is 9.47 Å². The standard InChI is InChI=1S/C27H22Cl4N4O/c28-21-7-6-17(13-23(21)30)3-2-11-34-12-9-24-20(16-34)19-4-1-5-22(29)26(19)35(24)27(36)33-15-18-8-10-32-25(31)14-18/h1-8,10,13-14H,9,11-12,15-16H2,(H,33,36). The van der Waals surface area contributed by atoms with Crippen LogP contribution in [0.3, 0.4) is 0 Å². The SMILES string of the molecule is O=C(NCc1ccnc(Cl)c1)n1c2c(c3cccc(Cl)c31)CN(CC=Cc1ccc(Cl)c(Cl)c1)CC2. The zero-order valence-corrected chi connectivity index (χ0v) is 22.2. The summed E-state index contributed by atoms with van der Waals surface area (Å²) in [4.78, 5) is 19.7. The zero-order valence-electron chi connectivity index (χ0n) is 19.1. The van der Waals surface area contributed by atoms with Crippen molar-refractivity contribution in [2.24, 2.45) is 0 Å². The average Bonchev–Trinajstić information content (AvgIpc) is 3.20. The van der Waals surface area contributed by atoms with Gasteiger partial charge in [-0.1, -0.05) is 76.8 Å². The van der Waals surface area contributed by atoms with Crippen molar-refractivity contribution >= 4 is 69.4 Å². The topological polar surface area (TPSA) is 50.2 Å². The highest BCUT2D eigenvalue weighted by atomic mass is 35.5. The molecule has 36 heavy (non-hydrogen) atoms. The van der Waals surface area contributed by atoms with E-state index >= 15 is 0 Å². The van der Waals surface area contributed by atoms with E-state index in [1.165, 1.54) is 0 Å². The van der Waals surface area contributed by atoms with Gasteiger partial charge in [-0.25, -0.2) is 9.78 Å². The second-order valence-electron chi connectivity index (χ2n) is 8.60. The van der Waals surface area contributed by atoms with Gasteiger partial charge in [0.2, 0.25) is 0 Å². The van der Waals surface area contributed by atoms with Gasteiger partial charge in [-0.2, -0.15) is 0 Å². The minimum atomic E-state index is -0.213. The molecule has 0 spiro atoms. The van der Waals surface area contributed by atoms with Crippen LogP contribution >= 0.6 is 46.4 Å². The fraction of sp³-hybridized carbons (Fsp3) is 0.185. The van der Waals surface area contributed by atoms with Crippen LogP contribution in [0.1, 0.15) is 22.4 Å².